The average Bonchev–Trinajstić information content (AvgIpc) is 3.11. The summed E-state index contributed by atoms with van der Waals surface area (Å²) in [6, 6.07) is 12.8. The van der Waals surface area contributed by atoms with Crippen LogP contribution in [0.4, 0.5) is 4.39 Å². The van der Waals surface area contributed by atoms with E-state index < -0.39 is 12.1 Å². The lowest BCUT2D eigenvalue weighted by Gasteiger charge is -2.19. The second-order valence-electron chi connectivity index (χ2n) is 7.06. The first kappa shape index (κ1) is 20.5. The van der Waals surface area contributed by atoms with Gasteiger partial charge in [0.1, 0.15) is 11.9 Å². The number of fused-ring (bicyclic) bond motifs is 1. The number of rotatable bonds is 8. The van der Waals surface area contributed by atoms with E-state index in [0.717, 1.165) is 16.5 Å². The monoisotopic (exact) mass is 396 g/mol. The van der Waals surface area contributed by atoms with E-state index >= 15 is 0 Å². The van der Waals surface area contributed by atoms with Crippen molar-refractivity contribution >= 4 is 22.7 Å². The molecule has 1 aromatic heterocycles. The van der Waals surface area contributed by atoms with Gasteiger partial charge in [0, 0.05) is 43.0 Å². The van der Waals surface area contributed by atoms with Crippen LogP contribution < -0.4 is 16.4 Å². The second-order valence-corrected chi connectivity index (χ2v) is 7.06. The standard InChI is InChI=1S/C22H25FN4O2/c1-25-22(29)20(11-15-13-26-19-9-5-3-7-17(15)19)27-21(28)12-16(24)10-14-6-2-4-8-18(14)23/h2-9,13,16,20,26H,10-12,24H2,1H3,(H,25,29)(H,27,28)/t16?,20-/m1/s1. The maximum Gasteiger partial charge on any atom is 0.242 e. The summed E-state index contributed by atoms with van der Waals surface area (Å²) in [6.45, 7) is 0. The Balaban J connectivity index is 1.64. The quantitative estimate of drug-likeness (QED) is 0.469. The number of halogens is 1. The molecule has 1 heterocycles. The highest BCUT2D eigenvalue weighted by Gasteiger charge is 2.23. The van der Waals surface area contributed by atoms with Crippen LogP contribution in [0.25, 0.3) is 10.9 Å². The van der Waals surface area contributed by atoms with E-state index in [9.17, 15) is 14.0 Å². The van der Waals surface area contributed by atoms with Gasteiger partial charge in [-0.2, -0.15) is 0 Å². The minimum atomic E-state index is -0.729. The number of aromatic nitrogens is 1. The van der Waals surface area contributed by atoms with Gasteiger partial charge in [-0.1, -0.05) is 36.4 Å². The highest BCUT2D eigenvalue weighted by Crippen LogP contribution is 2.19. The van der Waals surface area contributed by atoms with Crippen LogP contribution in [-0.2, 0) is 22.4 Å². The van der Waals surface area contributed by atoms with Crippen LogP contribution in [0.3, 0.4) is 0 Å². The number of carbonyl (C=O) groups is 2. The topological polar surface area (TPSA) is 100 Å². The zero-order chi connectivity index (χ0) is 20.8. The third-order valence-electron chi connectivity index (χ3n) is 4.88. The molecule has 7 heteroatoms. The lowest BCUT2D eigenvalue weighted by atomic mass is 10.0. The van der Waals surface area contributed by atoms with E-state index in [4.69, 9.17) is 5.73 Å². The van der Waals surface area contributed by atoms with Crippen LogP contribution in [0.5, 0.6) is 0 Å². The van der Waals surface area contributed by atoms with Crippen LogP contribution in [0.15, 0.2) is 54.7 Å². The first-order valence-corrected chi connectivity index (χ1v) is 9.53. The van der Waals surface area contributed by atoms with E-state index in [2.05, 4.69) is 15.6 Å². The predicted molar refractivity (Wildman–Crippen MR) is 111 cm³/mol. The number of nitrogens with one attached hydrogen (secondary N) is 3. The fourth-order valence-corrected chi connectivity index (χ4v) is 3.41. The van der Waals surface area contributed by atoms with Gasteiger partial charge in [-0.25, -0.2) is 4.39 Å². The Bertz CT molecular complexity index is 1000. The van der Waals surface area contributed by atoms with Crippen LogP contribution >= 0.6 is 0 Å². The van der Waals surface area contributed by atoms with Gasteiger partial charge in [0.15, 0.2) is 0 Å². The zero-order valence-corrected chi connectivity index (χ0v) is 16.2. The molecule has 3 aromatic rings. The number of aromatic amines is 1. The van der Waals surface area contributed by atoms with Gasteiger partial charge in [-0.05, 0) is 29.7 Å². The van der Waals surface area contributed by atoms with E-state index in [1.54, 1.807) is 18.2 Å². The molecule has 0 fully saturated rings. The molecule has 0 aliphatic rings. The van der Waals surface area contributed by atoms with E-state index in [1.807, 2.05) is 30.5 Å². The predicted octanol–water partition coefficient (Wildman–Crippen LogP) is 2.04. The van der Waals surface area contributed by atoms with Crippen molar-refractivity contribution in [1.29, 1.82) is 0 Å². The highest BCUT2D eigenvalue weighted by atomic mass is 19.1. The summed E-state index contributed by atoms with van der Waals surface area (Å²) in [4.78, 5) is 28.0. The third-order valence-corrected chi connectivity index (χ3v) is 4.88. The van der Waals surface area contributed by atoms with Crippen molar-refractivity contribution in [2.24, 2.45) is 5.73 Å². The third kappa shape index (κ3) is 5.20. The second kappa shape index (κ2) is 9.34. The molecule has 0 aliphatic heterocycles. The fraction of sp³-hybridized carbons (Fsp3) is 0.273. The molecule has 3 rings (SSSR count). The van der Waals surface area contributed by atoms with E-state index in [-0.39, 0.29) is 30.5 Å². The van der Waals surface area contributed by atoms with Crippen molar-refractivity contribution in [2.75, 3.05) is 7.05 Å². The van der Waals surface area contributed by atoms with E-state index in [1.165, 1.54) is 13.1 Å². The smallest absolute Gasteiger partial charge is 0.242 e. The van der Waals surface area contributed by atoms with Gasteiger partial charge >= 0.3 is 0 Å². The van der Waals surface area contributed by atoms with E-state index in [0.29, 0.717) is 12.0 Å². The fourth-order valence-electron chi connectivity index (χ4n) is 3.41. The molecule has 0 bridgehead atoms. The molecule has 0 saturated heterocycles. The number of benzene rings is 2. The van der Waals surface area contributed by atoms with Crippen molar-refractivity contribution in [3.63, 3.8) is 0 Å². The van der Waals surface area contributed by atoms with Gasteiger partial charge in [0.2, 0.25) is 11.8 Å². The molecule has 0 aliphatic carbocycles. The summed E-state index contributed by atoms with van der Waals surface area (Å²) in [5.41, 5.74) is 8.41. The molecular weight excluding hydrogens is 371 g/mol. The zero-order valence-electron chi connectivity index (χ0n) is 16.2. The van der Waals surface area contributed by atoms with Gasteiger partial charge in [-0.3, -0.25) is 9.59 Å². The van der Waals surface area contributed by atoms with Gasteiger partial charge in [-0.15, -0.1) is 0 Å². The van der Waals surface area contributed by atoms with Crippen molar-refractivity contribution in [3.8, 4) is 0 Å². The molecule has 0 saturated carbocycles. The average molecular weight is 396 g/mol. The Hall–Kier alpha value is -3.19. The van der Waals surface area contributed by atoms with Gasteiger partial charge < -0.3 is 21.4 Å². The minimum Gasteiger partial charge on any atom is -0.361 e. The molecule has 5 N–H and O–H groups in total. The summed E-state index contributed by atoms with van der Waals surface area (Å²) in [5, 5.41) is 6.36. The first-order chi connectivity index (χ1) is 14.0. The summed E-state index contributed by atoms with van der Waals surface area (Å²) in [7, 11) is 1.53. The molecule has 2 aromatic carbocycles. The summed E-state index contributed by atoms with van der Waals surface area (Å²) in [6.07, 6.45) is 2.43. The lowest BCUT2D eigenvalue weighted by molar-refractivity contribution is -0.128. The summed E-state index contributed by atoms with van der Waals surface area (Å²) >= 11 is 0. The molecule has 6 nitrogen and oxygen atoms in total. The Morgan fingerprint density at radius 1 is 1.07 bits per heavy atom. The first-order valence-electron chi connectivity index (χ1n) is 9.53. The van der Waals surface area contributed by atoms with Crippen molar-refractivity contribution in [1.82, 2.24) is 15.6 Å². The number of amides is 2. The highest BCUT2D eigenvalue weighted by molar-refractivity contribution is 5.89. The molecule has 2 atom stereocenters. The Labute approximate surface area is 168 Å². The number of para-hydroxylation sites is 1. The molecule has 152 valence electrons. The molecular formula is C22H25FN4O2. The van der Waals surface area contributed by atoms with Gasteiger partial charge in [0.25, 0.3) is 0 Å². The molecule has 29 heavy (non-hydrogen) atoms. The van der Waals surface area contributed by atoms with Gasteiger partial charge in [0.05, 0.1) is 0 Å². The normalized spacial score (nSPS) is 13.1. The van der Waals surface area contributed by atoms with Crippen LogP contribution in [0.1, 0.15) is 17.5 Å². The molecule has 2 amide bonds. The van der Waals surface area contributed by atoms with Crippen LogP contribution in [-0.4, -0.2) is 35.9 Å². The molecule has 0 radical (unpaired) electrons. The Morgan fingerprint density at radius 2 is 1.79 bits per heavy atom. The number of hydrogen-bond donors (Lipinski definition) is 4. The lowest BCUT2D eigenvalue weighted by Crippen LogP contribution is -2.48. The van der Waals surface area contributed by atoms with Crippen molar-refractivity contribution in [2.45, 2.75) is 31.3 Å². The SMILES string of the molecule is CNC(=O)[C@@H](Cc1c[nH]c2ccccc12)NC(=O)CC(N)Cc1ccccc1F. The Kier molecular flexibility index (Phi) is 6.61. The minimum absolute atomic E-state index is 0.00425. The molecule has 0 spiro atoms. The van der Waals surface area contributed by atoms with Crippen LogP contribution in [0, 0.1) is 5.82 Å². The summed E-state index contributed by atoms with van der Waals surface area (Å²) in [5.74, 6) is -0.973. The number of nitrogens with two attached hydrogens (primary N) is 1. The number of likely N-dealkylation sites (N-methyl/N-ethyl adjacent to an activating group) is 1. The Morgan fingerprint density at radius 3 is 2.55 bits per heavy atom. The maximum absolute atomic E-state index is 13.8. The number of carbonyl (C=O) groups excluding carboxylic acids is 2. The van der Waals surface area contributed by atoms with Crippen molar-refractivity contribution in [3.05, 3.63) is 71.7 Å². The largest absolute Gasteiger partial charge is 0.361 e. The summed E-state index contributed by atoms with van der Waals surface area (Å²) < 4.78 is 13.8. The number of hydrogen-bond acceptors (Lipinski definition) is 3. The molecule has 1 unspecified atom stereocenters. The van der Waals surface area contributed by atoms with Crippen molar-refractivity contribution < 1.29 is 14.0 Å². The maximum atomic E-state index is 13.8. The number of H-pyrrole nitrogens is 1. The van der Waals surface area contributed by atoms with Crippen LogP contribution in [0.2, 0.25) is 0 Å².